The molecule has 0 saturated carbocycles. The average molecular weight is 422 g/mol. The first-order valence-electron chi connectivity index (χ1n) is 10.3. The van der Waals surface area contributed by atoms with Crippen molar-refractivity contribution in [3.05, 3.63) is 41.2 Å². The van der Waals surface area contributed by atoms with Gasteiger partial charge in [-0.2, -0.15) is 9.50 Å². The Bertz CT molecular complexity index is 1240. The summed E-state index contributed by atoms with van der Waals surface area (Å²) in [6.45, 7) is 7.73. The van der Waals surface area contributed by atoms with Gasteiger partial charge < -0.3 is 15.0 Å². The molecule has 1 aromatic carbocycles. The van der Waals surface area contributed by atoms with Crippen LogP contribution in [0.1, 0.15) is 30.3 Å². The van der Waals surface area contributed by atoms with Gasteiger partial charge in [0.15, 0.2) is 0 Å². The highest BCUT2D eigenvalue weighted by Crippen LogP contribution is 2.21. The smallest absolute Gasteiger partial charge is 0.254 e. The van der Waals surface area contributed by atoms with Crippen molar-refractivity contribution in [2.75, 3.05) is 24.3 Å². The molecule has 0 radical (unpaired) electrons. The van der Waals surface area contributed by atoms with E-state index in [-0.39, 0.29) is 18.3 Å². The largest absolute Gasteiger partial charge is 0.382 e. The van der Waals surface area contributed by atoms with Crippen molar-refractivity contribution in [1.82, 2.24) is 29.1 Å². The third-order valence-electron chi connectivity index (χ3n) is 5.18. The van der Waals surface area contributed by atoms with Gasteiger partial charge in [0.1, 0.15) is 0 Å². The van der Waals surface area contributed by atoms with Crippen LogP contribution in [0.4, 0.5) is 11.9 Å². The van der Waals surface area contributed by atoms with Crippen LogP contribution in [0.5, 0.6) is 0 Å². The van der Waals surface area contributed by atoms with Gasteiger partial charge in [-0.1, -0.05) is 12.1 Å². The molecule has 3 aromatic heterocycles. The van der Waals surface area contributed by atoms with Crippen LogP contribution in [0.15, 0.2) is 24.3 Å². The second-order valence-corrected chi connectivity index (χ2v) is 7.29. The fourth-order valence-electron chi connectivity index (χ4n) is 3.68. The minimum absolute atomic E-state index is 0.141. The van der Waals surface area contributed by atoms with Crippen LogP contribution < -0.4 is 11.1 Å². The third-order valence-corrected chi connectivity index (χ3v) is 5.18. The molecule has 10 nitrogen and oxygen atoms in total. The van der Waals surface area contributed by atoms with Gasteiger partial charge in [-0.15, -0.1) is 5.10 Å². The minimum Gasteiger partial charge on any atom is -0.382 e. The number of hydrogen-bond donors (Lipinski definition) is 2. The average Bonchev–Trinajstić information content (AvgIpc) is 3.28. The molecule has 1 amide bonds. The van der Waals surface area contributed by atoms with Gasteiger partial charge in [0, 0.05) is 36.7 Å². The lowest BCUT2D eigenvalue weighted by Gasteiger charge is -2.12. The molecule has 31 heavy (non-hydrogen) atoms. The van der Waals surface area contributed by atoms with Crippen molar-refractivity contribution in [1.29, 1.82) is 0 Å². The summed E-state index contributed by atoms with van der Waals surface area (Å²) in [7, 11) is 0. The van der Waals surface area contributed by atoms with E-state index in [1.165, 1.54) is 0 Å². The van der Waals surface area contributed by atoms with E-state index in [2.05, 4.69) is 25.4 Å². The van der Waals surface area contributed by atoms with E-state index < -0.39 is 0 Å². The standard InChI is InChI=1S/C21H26N8O2/c1-4-31-11-7-10-28-17-9-6-5-8-16(17)24-20(28)25-18(30)12-15-13(2)23-21-26-19(22)27-29(21)14(15)3/h5-6,8-9H,4,7,10-12H2,1-3H3,(H2,22,27)(H,24,25,30). The molecular formula is C21H26N8O2. The number of nitrogen functional groups attached to an aromatic ring is 1. The number of anilines is 2. The zero-order valence-corrected chi connectivity index (χ0v) is 17.9. The molecule has 0 aliphatic heterocycles. The Balaban J connectivity index is 1.58. The summed E-state index contributed by atoms with van der Waals surface area (Å²) in [5.41, 5.74) is 9.79. The minimum atomic E-state index is -0.179. The number of fused-ring (bicyclic) bond motifs is 2. The van der Waals surface area contributed by atoms with E-state index in [0.717, 1.165) is 34.4 Å². The number of ether oxygens (including phenoxy) is 1. The lowest BCUT2D eigenvalue weighted by molar-refractivity contribution is -0.115. The van der Waals surface area contributed by atoms with E-state index >= 15 is 0 Å². The highest BCUT2D eigenvalue weighted by Gasteiger charge is 2.18. The van der Waals surface area contributed by atoms with Gasteiger partial charge in [-0.3, -0.25) is 10.1 Å². The fraction of sp³-hybridized carbons (Fsp3) is 0.381. The number of carbonyl (C=O) groups is 1. The summed E-state index contributed by atoms with van der Waals surface area (Å²) in [4.78, 5) is 26.1. The number of hydrogen-bond acceptors (Lipinski definition) is 7. The first-order chi connectivity index (χ1) is 15.0. The van der Waals surface area contributed by atoms with Crippen molar-refractivity contribution in [2.24, 2.45) is 0 Å². The van der Waals surface area contributed by atoms with E-state index in [0.29, 0.717) is 31.5 Å². The number of nitrogens with zero attached hydrogens (tertiary/aromatic N) is 6. The fourth-order valence-corrected chi connectivity index (χ4v) is 3.68. The number of para-hydroxylation sites is 2. The maximum atomic E-state index is 12.9. The Morgan fingerprint density at radius 1 is 1.19 bits per heavy atom. The lowest BCUT2D eigenvalue weighted by atomic mass is 10.1. The zero-order chi connectivity index (χ0) is 22.0. The molecule has 3 N–H and O–H groups in total. The van der Waals surface area contributed by atoms with Gasteiger partial charge in [0.25, 0.3) is 5.78 Å². The number of nitrogens with two attached hydrogens (primary N) is 1. The number of nitrogens with one attached hydrogen (secondary N) is 1. The van der Waals surface area contributed by atoms with Gasteiger partial charge in [-0.25, -0.2) is 9.97 Å². The summed E-state index contributed by atoms with van der Waals surface area (Å²) in [6.07, 6.45) is 0.964. The number of amides is 1. The first kappa shape index (κ1) is 20.7. The predicted octanol–water partition coefficient (Wildman–Crippen LogP) is 2.28. The third kappa shape index (κ3) is 4.19. The van der Waals surface area contributed by atoms with Crippen molar-refractivity contribution >= 4 is 34.6 Å². The topological polar surface area (TPSA) is 125 Å². The van der Waals surface area contributed by atoms with Crippen molar-refractivity contribution in [2.45, 2.75) is 40.2 Å². The maximum Gasteiger partial charge on any atom is 0.254 e. The molecule has 0 aliphatic rings. The second kappa shape index (κ2) is 8.68. The van der Waals surface area contributed by atoms with Crippen molar-refractivity contribution in [3.8, 4) is 0 Å². The molecule has 0 saturated heterocycles. The molecule has 4 rings (SSSR count). The number of imidazole rings is 1. The summed E-state index contributed by atoms with van der Waals surface area (Å²) >= 11 is 0. The molecule has 0 aliphatic carbocycles. The number of aryl methyl sites for hydroxylation is 3. The Hall–Kier alpha value is -3.53. The molecule has 0 atom stereocenters. The van der Waals surface area contributed by atoms with Crippen LogP contribution >= 0.6 is 0 Å². The number of benzene rings is 1. The van der Waals surface area contributed by atoms with Crippen LogP contribution in [0.2, 0.25) is 0 Å². The van der Waals surface area contributed by atoms with E-state index in [1.54, 1.807) is 4.52 Å². The van der Waals surface area contributed by atoms with Crippen molar-refractivity contribution < 1.29 is 9.53 Å². The SMILES string of the molecule is CCOCCCn1c(NC(=O)Cc2c(C)nc3nc(N)nn3c2C)nc2ccccc21. The van der Waals surface area contributed by atoms with Crippen molar-refractivity contribution in [3.63, 3.8) is 0 Å². The Morgan fingerprint density at radius 2 is 2.00 bits per heavy atom. The van der Waals surface area contributed by atoms with Crippen LogP contribution in [0.3, 0.4) is 0 Å². The van der Waals surface area contributed by atoms with Crippen LogP contribution in [0.25, 0.3) is 16.8 Å². The molecule has 162 valence electrons. The molecule has 10 heteroatoms. The van der Waals surface area contributed by atoms with E-state index in [9.17, 15) is 4.79 Å². The van der Waals surface area contributed by atoms with Gasteiger partial charge >= 0.3 is 0 Å². The summed E-state index contributed by atoms with van der Waals surface area (Å²) in [5.74, 6) is 0.920. The molecular weight excluding hydrogens is 396 g/mol. The van der Waals surface area contributed by atoms with Crippen LogP contribution in [-0.2, 0) is 22.5 Å². The number of rotatable bonds is 8. The lowest BCUT2D eigenvalue weighted by Crippen LogP contribution is -2.20. The molecule has 4 aromatic rings. The number of carbonyl (C=O) groups excluding carboxylic acids is 1. The maximum absolute atomic E-state index is 12.9. The van der Waals surface area contributed by atoms with Crippen LogP contribution in [0, 0.1) is 13.8 Å². The van der Waals surface area contributed by atoms with Gasteiger partial charge in [0.2, 0.25) is 17.8 Å². The first-order valence-corrected chi connectivity index (χ1v) is 10.3. The van der Waals surface area contributed by atoms with Gasteiger partial charge in [-0.05, 0) is 39.3 Å². The van der Waals surface area contributed by atoms with Crippen LogP contribution in [-0.4, -0.2) is 48.3 Å². The summed E-state index contributed by atoms with van der Waals surface area (Å²) in [6, 6.07) is 7.83. The molecule has 3 heterocycles. The Labute approximate surface area is 179 Å². The molecule has 0 spiro atoms. The van der Waals surface area contributed by atoms with E-state index in [4.69, 9.17) is 10.5 Å². The monoisotopic (exact) mass is 422 g/mol. The van der Waals surface area contributed by atoms with Gasteiger partial charge in [0.05, 0.1) is 17.5 Å². The summed E-state index contributed by atoms with van der Waals surface area (Å²) < 4.78 is 9.04. The summed E-state index contributed by atoms with van der Waals surface area (Å²) in [5, 5.41) is 7.13. The molecule has 0 unspecified atom stereocenters. The molecule has 0 bridgehead atoms. The Kier molecular flexibility index (Phi) is 5.81. The normalized spacial score (nSPS) is 11.5. The number of aromatic nitrogens is 6. The highest BCUT2D eigenvalue weighted by molar-refractivity contribution is 5.93. The van der Waals surface area contributed by atoms with E-state index in [1.807, 2.05) is 49.6 Å². The second-order valence-electron chi connectivity index (χ2n) is 7.29. The predicted molar refractivity (Wildman–Crippen MR) is 118 cm³/mol. The quantitative estimate of drug-likeness (QED) is 0.417. The highest BCUT2D eigenvalue weighted by atomic mass is 16.5. The zero-order valence-electron chi connectivity index (χ0n) is 17.9. The Morgan fingerprint density at radius 3 is 2.81 bits per heavy atom. The molecule has 0 fully saturated rings.